The van der Waals surface area contributed by atoms with E-state index in [0.717, 1.165) is 0 Å². The van der Waals surface area contributed by atoms with Crippen LogP contribution in [0.2, 0.25) is 0 Å². The van der Waals surface area contributed by atoms with E-state index in [9.17, 15) is 13.2 Å². The van der Waals surface area contributed by atoms with E-state index in [4.69, 9.17) is 0 Å². The van der Waals surface area contributed by atoms with Gasteiger partial charge in [-0.1, -0.05) is 0 Å². The lowest BCUT2D eigenvalue weighted by Crippen LogP contribution is -2.35. The van der Waals surface area contributed by atoms with E-state index in [1.807, 2.05) is 0 Å². The molecule has 0 aliphatic carbocycles. The van der Waals surface area contributed by atoms with E-state index < -0.39 is 9.84 Å². The molecule has 0 bridgehead atoms. The smallest absolute Gasteiger partial charge is 0.251 e. The van der Waals surface area contributed by atoms with Crippen LogP contribution in [-0.4, -0.2) is 51.6 Å². The minimum Gasteiger partial charge on any atom is -0.348 e. The second-order valence-electron chi connectivity index (χ2n) is 4.82. The predicted octanol–water partition coefficient (Wildman–Crippen LogP) is -0.421. The number of amides is 1. The highest BCUT2D eigenvalue weighted by Crippen LogP contribution is 2.12. The van der Waals surface area contributed by atoms with Crippen LogP contribution >= 0.6 is 0 Å². The highest BCUT2D eigenvalue weighted by Gasteiger charge is 2.29. The molecule has 21 heavy (non-hydrogen) atoms. The van der Waals surface area contributed by atoms with Crippen molar-refractivity contribution in [1.82, 2.24) is 25.1 Å². The summed E-state index contributed by atoms with van der Waals surface area (Å²) < 4.78 is 24.2. The van der Waals surface area contributed by atoms with E-state index >= 15 is 0 Å². The van der Waals surface area contributed by atoms with Crippen LogP contribution in [0.3, 0.4) is 0 Å². The molecule has 2 aromatic rings. The maximum atomic E-state index is 12.2. The van der Waals surface area contributed by atoms with Crippen molar-refractivity contribution in [2.45, 2.75) is 12.5 Å². The van der Waals surface area contributed by atoms with Gasteiger partial charge in [0.25, 0.3) is 5.91 Å². The molecule has 1 atom stereocenters. The highest BCUT2D eigenvalue weighted by molar-refractivity contribution is 7.91. The second kappa shape index (κ2) is 5.24. The Hall–Kier alpha value is -2.29. The maximum Gasteiger partial charge on any atom is 0.251 e. The molecule has 0 unspecified atom stereocenters. The summed E-state index contributed by atoms with van der Waals surface area (Å²) in [5.41, 5.74) is 0.403. The van der Waals surface area contributed by atoms with Gasteiger partial charge in [0, 0.05) is 17.8 Å². The number of rotatable bonds is 3. The molecule has 8 nitrogen and oxygen atoms in total. The monoisotopic (exact) mass is 307 g/mol. The van der Waals surface area contributed by atoms with Gasteiger partial charge in [-0.25, -0.2) is 23.1 Å². The summed E-state index contributed by atoms with van der Waals surface area (Å²) in [6.07, 6.45) is 4.80. The van der Waals surface area contributed by atoms with Crippen molar-refractivity contribution < 1.29 is 13.2 Å². The fourth-order valence-corrected chi connectivity index (χ4v) is 3.86. The summed E-state index contributed by atoms with van der Waals surface area (Å²) in [6.45, 7) is 0. The number of sulfone groups is 1. The number of nitrogens with one attached hydrogen (secondary N) is 1. The lowest BCUT2D eigenvalue weighted by Gasteiger charge is -2.11. The SMILES string of the molecule is O=C(N[C@H]1CCS(=O)(=O)C1)c1ccnc(-n2cncn2)c1. The molecule has 0 spiro atoms. The molecule has 1 fully saturated rings. The fourth-order valence-electron chi connectivity index (χ4n) is 2.19. The van der Waals surface area contributed by atoms with E-state index in [2.05, 4.69) is 20.4 Å². The summed E-state index contributed by atoms with van der Waals surface area (Å²) in [5, 5.41) is 6.67. The van der Waals surface area contributed by atoms with Crippen LogP contribution in [0.1, 0.15) is 16.8 Å². The van der Waals surface area contributed by atoms with Crippen LogP contribution < -0.4 is 5.32 Å². The van der Waals surface area contributed by atoms with Crippen molar-refractivity contribution in [2.75, 3.05) is 11.5 Å². The molecule has 9 heteroatoms. The lowest BCUT2D eigenvalue weighted by atomic mass is 10.2. The molecular formula is C12H13N5O3S. The summed E-state index contributed by atoms with van der Waals surface area (Å²) in [7, 11) is -3.02. The molecule has 0 aromatic carbocycles. The van der Waals surface area contributed by atoms with Gasteiger partial charge in [0.15, 0.2) is 15.7 Å². The van der Waals surface area contributed by atoms with Gasteiger partial charge in [0.05, 0.1) is 11.5 Å². The second-order valence-corrected chi connectivity index (χ2v) is 7.04. The van der Waals surface area contributed by atoms with E-state index in [0.29, 0.717) is 17.8 Å². The molecule has 3 heterocycles. The average molecular weight is 307 g/mol. The van der Waals surface area contributed by atoms with Gasteiger partial charge >= 0.3 is 0 Å². The number of hydrogen-bond acceptors (Lipinski definition) is 6. The average Bonchev–Trinajstić information content (AvgIpc) is 3.09. The molecule has 0 saturated carbocycles. The molecule has 3 rings (SSSR count). The largest absolute Gasteiger partial charge is 0.348 e. The number of carbonyl (C=O) groups excluding carboxylic acids is 1. The Labute approximate surface area is 121 Å². The molecule has 1 saturated heterocycles. The third kappa shape index (κ3) is 3.07. The third-order valence-electron chi connectivity index (χ3n) is 3.23. The van der Waals surface area contributed by atoms with Crippen molar-refractivity contribution >= 4 is 15.7 Å². The van der Waals surface area contributed by atoms with Gasteiger partial charge in [-0.05, 0) is 18.6 Å². The first kappa shape index (κ1) is 13.7. The van der Waals surface area contributed by atoms with Crippen LogP contribution in [-0.2, 0) is 9.84 Å². The normalized spacial score (nSPS) is 20.3. The summed E-state index contributed by atoms with van der Waals surface area (Å²) >= 11 is 0. The van der Waals surface area contributed by atoms with E-state index in [1.165, 1.54) is 23.5 Å². The van der Waals surface area contributed by atoms with E-state index in [-0.39, 0.29) is 23.5 Å². The molecule has 0 radical (unpaired) electrons. The van der Waals surface area contributed by atoms with Gasteiger partial charge in [-0.3, -0.25) is 4.79 Å². The quantitative estimate of drug-likeness (QED) is 0.825. The maximum absolute atomic E-state index is 12.2. The molecule has 1 aliphatic heterocycles. The Morgan fingerprint density at radius 1 is 1.43 bits per heavy atom. The zero-order valence-corrected chi connectivity index (χ0v) is 11.8. The van der Waals surface area contributed by atoms with E-state index in [1.54, 1.807) is 12.1 Å². The first-order chi connectivity index (χ1) is 10.0. The summed E-state index contributed by atoms with van der Waals surface area (Å²) in [5.74, 6) is 0.276. The number of aromatic nitrogens is 4. The Kier molecular flexibility index (Phi) is 3.42. The van der Waals surface area contributed by atoms with Crippen LogP contribution in [0.5, 0.6) is 0 Å². The minimum absolute atomic E-state index is 0.000241. The van der Waals surface area contributed by atoms with Crippen molar-refractivity contribution in [3.05, 3.63) is 36.5 Å². The number of pyridine rings is 1. The van der Waals surface area contributed by atoms with Crippen molar-refractivity contribution in [3.63, 3.8) is 0 Å². The fraction of sp³-hybridized carbons (Fsp3) is 0.333. The topological polar surface area (TPSA) is 107 Å². The number of hydrogen-bond donors (Lipinski definition) is 1. The predicted molar refractivity (Wildman–Crippen MR) is 73.7 cm³/mol. The molecule has 1 N–H and O–H groups in total. The van der Waals surface area contributed by atoms with Crippen molar-refractivity contribution in [2.24, 2.45) is 0 Å². The minimum atomic E-state index is -3.02. The third-order valence-corrected chi connectivity index (χ3v) is 5.00. The van der Waals surface area contributed by atoms with Gasteiger partial charge in [-0.15, -0.1) is 0 Å². The highest BCUT2D eigenvalue weighted by atomic mass is 32.2. The Morgan fingerprint density at radius 2 is 2.29 bits per heavy atom. The Balaban J connectivity index is 1.75. The Bertz CT molecular complexity index is 757. The zero-order valence-electron chi connectivity index (χ0n) is 11.0. The Morgan fingerprint density at radius 3 is 2.95 bits per heavy atom. The molecule has 1 amide bonds. The first-order valence-electron chi connectivity index (χ1n) is 6.36. The molecule has 2 aromatic heterocycles. The van der Waals surface area contributed by atoms with Gasteiger partial charge in [-0.2, -0.15) is 5.10 Å². The van der Waals surface area contributed by atoms with Gasteiger partial charge in [0.2, 0.25) is 0 Å². The van der Waals surface area contributed by atoms with Crippen LogP contribution in [0, 0.1) is 0 Å². The molecular weight excluding hydrogens is 294 g/mol. The molecule has 110 valence electrons. The number of carbonyl (C=O) groups is 1. The summed E-state index contributed by atoms with van der Waals surface area (Å²) in [6, 6.07) is 2.82. The first-order valence-corrected chi connectivity index (χ1v) is 8.18. The van der Waals surface area contributed by atoms with Gasteiger partial charge in [0.1, 0.15) is 12.7 Å². The standard InChI is InChI=1S/C12H13N5O3S/c18-12(16-10-2-4-21(19,20)6-10)9-1-3-14-11(5-9)17-8-13-7-15-17/h1,3,5,7-8,10H,2,4,6H2,(H,16,18)/t10-/m0/s1. The van der Waals surface area contributed by atoms with Crippen molar-refractivity contribution in [3.8, 4) is 5.82 Å². The summed E-state index contributed by atoms with van der Waals surface area (Å²) in [4.78, 5) is 20.1. The van der Waals surface area contributed by atoms with Crippen LogP contribution in [0.15, 0.2) is 31.0 Å². The van der Waals surface area contributed by atoms with Gasteiger partial charge < -0.3 is 5.32 Å². The lowest BCUT2D eigenvalue weighted by molar-refractivity contribution is 0.0941. The number of nitrogens with zero attached hydrogens (tertiary/aromatic N) is 4. The zero-order chi connectivity index (χ0) is 14.9. The van der Waals surface area contributed by atoms with Crippen LogP contribution in [0.4, 0.5) is 0 Å². The molecule has 1 aliphatic rings. The van der Waals surface area contributed by atoms with Crippen LogP contribution in [0.25, 0.3) is 5.82 Å². The van der Waals surface area contributed by atoms with Crippen molar-refractivity contribution in [1.29, 1.82) is 0 Å².